The highest BCUT2D eigenvalue weighted by Gasteiger charge is 2.31. The average molecular weight is 437 g/mol. The Morgan fingerprint density at radius 3 is 2.47 bits per heavy atom. The fourth-order valence-electron chi connectivity index (χ4n) is 3.40. The number of Topliss-reactive ketones (excluding diaryl/α,β-unsaturated/α-hetero) is 1. The molecule has 5 nitrogen and oxygen atoms in total. The van der Waals surface area contributed by atoms with Crippen LogP contribution in [0.2, 0.25) is 0 Å². The van der Waals surface area contributed by atoms with Crippen molar-refractivity contribution in [2.45, 2.75) is 31.4 Å². The number of benzene rings is 2. The SMILES string of the molecule is Cc1nc(-c2ccccc2)c(CCC(=O)c2ccc(CC3SC(=O)NC3=O)cc2)s1. The average Bonchev–Trinajstić information content (AvgIpc) is 3.28. The monoisotopic (exact) mass is 436 g/mol. The minimum absolute atomic E-state index is 0.0785. The van der Waals surface area contributed by atoms with Crippen LogP contribution in [0.15, 0.2) is 54.6 Å². The molecule has 0 saturated carbocycles. The Bertz CT molecular complexity index is 1090. The molecule has 1 aromatic heterocycles. The summed E-state index contributed by atoms with van der Waals surface area (Å²) >= 11 is 2.65. The highest BCUT2D eigenvalue weighted by molar-refractivity contribution is 8.15. The first-order valence-electron chi connectivity index (χ1n) is 9.65. The lowest BCUT2D eigenvalue weighted by molar-refractivity contribution is -0.118. The van der Waals surface area contributed by atoms with E-state index < -0.39 is 5.25 Å². The van der Waals surface area contributed by atoms with Crippen LogP contribution in [0, 0.1) is 6.92 Å². The maximum Gasteiger partial charge on any atom is 0.286 e. The zero-order valence-electron chi connectivity index (χ0n) is 16.4. The first-order chi connectivity index (χ1) is 14.5. The van der Waals surface area contributed by atoms with Crippen molar-refractivity contribution >= 4 is 40.0 Å². The van der Waals surface area contributed by atoms with E-state index in [-0.39, 0.29) is 16.9 Å². The molecule has 0 spiro atoms. The van der Waals surface area contributed by atoms with E-state index in [1.54, 1.807) is 23.5 Å². The molecule has 2 heterocycles. The van der Waals surface area contributed by atoms with Gasteiger partial charge in [0, 0.05) is 22.4 Å². The number of carbonyl (C=O) groups is 3. The van der Waals surface area contributed by atoms with E-state index in [0.717, 1.165) is 38.5 Å². The Labute approximate surface area is 182 Å². The summed E-state index contributed by atoms with van der Waals surface area (Å²) in [6.45, 7) is 1.98. The number of imide groups is 1. The van der Waals surface area contributed by atoms with Gasteiger partial charge >= 0.3 is 0 Å². The largest absolute Gasteiger partial charge is 0.294 e. The van der Waals surface area contributed by atoms with E-state index in [1.807, 2.05) is 49.4 Å². The third kappa shape index (κ3) is 4.68. The molecule has 1 saturated heterocycles. The highest BCUT2D eigenvalue weighted by atomic mass is 32.2. The molecule has 7 heteroatoms. The van der Waals surface area contributed by atoms with Crippen LogP contribution in [-0.4, -0.2) is 27.2 Å². The minimum atomic E-state index is -0.398. The number of thiazole rings is 1. The van der Waals surface area contributed by atoms with Crippen LogP contribution in [0.3, 0.4) is 0 Å². The van der Waals surface area contributed by atoms with Gasteiger partial charge in [-0.2, -0.15) is 0 Å². The third-order valence-electron chi connectivity index (χ3n) is 4.89. The number of hydrogen-bond acceptors (Lipinski definition) is 6. The molecule has 1 fully saturated rings. The van der Waals surface area contributed by atoms with Crippen molar-refractivity contribution in [3.05, 3.63) is 75.6 Å². The Balaban J connectivity index is 1.39. The van der Waals surface area contributed by atoms with Crippen molar-refractivity contribution in [1.29, 1.82) is 0 Å². The number of ketones is 1. The van der Waals surface area contributed by atoms with Crippen LogP contribution >= 0.6 is 23.1 Å². The van der Waals surface area contributed by atoms with Crippen molar-refractivity contribution in [3.63, 3.8) is 0 Å². The molecule has 1 aliphatic heterocycles. The van der Waals surface area contributed by atoms with Gasteiger partial charge in [0.2, 0.25) is 5.91 Å². The predicted molar refractivity (Wildman–Crippen MR) is 120 cm³/mol. The van der Waals surface area contributed by atoms with E-state index in [9.17, 15) is 14.4 Å². The van der Waals surface area contributed by atoms with E-state index in [1.165, 1.54) is 0 Å². The Morgan fingerprint density at radius 2 is 1.80 bits per heavy atom. The topological polar surface area (TPSA) is 76.1 Å². The normalized spacial score (nSPS) is 16.0. The first-order valence-corrected chi connectivity index (χ1v) is 11.3. The molecule has 1 unspecified atom stereocenters. The van der Waals surface area contributed by atoms with Gasteiger partial charge in [-0.1, -0.05) is 66.4 Å². The molecular formula is C23H20N2O3S2. The van der Waals surface area contributed by atoms with Crippen LogP contribution in [0.1, 0.15) is 32.2 Å². The maximum atomic E-state index is 12.7. The second kappa shape index (κ2) is 8.93. The van der Waals surface area contributed by atoms with Crippen molar-refractivity contribution in [2.75, 3.05) is 0 Å². The maximum absolute atomic E-state index is 12.7. The summed E-state index contributed by atoms with van der Waals surface area (Å²) in [5, 5.41) is 2.59. The number of carbonyl (C=O) groups excluding carboxylic acids is 3. The van der Waals surface area contributed by atoms with Crippen LogP contribution in [0.25, 0.3) is 11.3 Å². The lowest BCUT2D eigenvalue weighted by atomic mass is 10.0. The number of aromatic nitrogens is 1. The molecule has 0 aliphatic carbocycles. The predicted octanol–water partition coefficient (Wildman–Crippen LogP) is 4.83. The molecule has 4 rings (SSSR count). The zero-order valence-corrected chi connectivity index (χ0v) is 18.0. The second-order valence-electron chi connectivity index (χ2n) is 7.08. The van der Waals surface area contributed by atoms with Crippen LogP contribution < -0.4 is 5.32 Å². The number of amides is 2. The number of thioether (sulfide) groups is 1. The number of nitrogens with zero attached hydrogens (tertiary/aromatic N) is 1. The van der Waals surface area contributed by atoms with E-state index in [4.69, 9.17) is 0 Å². The summed E-state index contributed by atoms with van der Waals surface area (Å²) in [6.07, 6.45) is 1.53. The van der Waals surface area contributed by atoms with Gasteiger partial charge in [0.1, 0.15) is 0 Å². The molecular weight excluding hydrogens is 416 g/mol. The quantitative estimate of drug-likeness (QED) is 0.537. The van der Waals surface area contributed by atoms with Crippen molar-refractivity contribution in [3.8, 4) is 11.3 Å². The fourth-order valence-corrected chi connectivity index (χ4v) is 5.22. The molecule has 1 atom stereocenters. The lowest BCUT2D eigenvalue weighted by Gasteiger charge is -2.07. The molecule has 1 aliphatic rings. The summed E-state index contributed by atoms with van der Waals surface area (Å²) in [5.41, 5.74) is 3.61. The zero-order chi connectivity index (χ0) is 21.1. The molecule has 30 heavy (non-hydrogen) atoms. The van der Waals surface area contributed by atoms with Gasteiger partial charge in [0.15, 0.2) is 5.78 Å². The van der Waals surface area contributed by atoms with Gasteiger partial charge < -0.3 is 0 Å². The standard InChI is InChI=1S/C23H20N2O3S2/c1-14-24-21(17-5-3-2-4-6-17)19(29-14)12-11-18(26)16-9-7-15(8-10-16)13-20-22(27)25-23(28)30-20/h2-10,20H,11-13H2,1H3,(H,25,27,28). The van der Waals surface area contributed by atoms with Crippen LogP contribution in [0.5, 0.6) is 0 Å². The number of rotatable bonds is 7. The fraction of sp³-hybridized carbons (Fsp3) is 0.217. The van der Waals surface area contributed by atoms with Gasteiger partial charge in [0.05, 0.1) is 16.0 Å². The molecule has 0 radical (unpaired) electrons. The molecule has 3 aromatic rings. The number of aryl methyl sites for hydroxylation is 2. The van der Waals surface area contributed by atoms with Crippen LogP contribution in [-0.2, 0) is 17.6 Å². The van der Waals surface area contributed by atoms with Crippen molar-refractivity contribution in [2.24, 2.45) is 0 Å². The van der Waals surface area contributed by atoms with Crippen molar-refractivity contribution in [1.82, 2.24) is 10.3 Å². The number of hydrogen-bond donors (Lipinski definition) is 1. The van der Waals surface area contributed by atoms with E-state index >= 15 is 0 Å². The van der Waals surface area contributed by atoms with E-state index in [2.05, 4.69) is 10.3 Å². The highest BCUT2D eigenvalue weighted by Crippen LogP contribution is 2.29. The first kappa shape index (κ1) is 20.5. The minimum Gasteiger partial charge on any atom is -0.294 e. The summed E-state index contributed by atoms with van der Waals surface area (Å²) in [4.78, 5) is 41.5. The Hall–Kier alpha value is -2.77. The van der Waals surface area contributed by atoms with Gasteiger partial charge in [-0.05, 0) is 25.3 Å². The van der Waals surface area contributed by atoms with E-state index in [0.29, 0.717) is 24.8 Å². The van der Waals surface area contributed by atoms with Crippen LogP contribution in [0.4, 0.5) is 4.79 Å². The number of nitrogens with one attached hydrogen (secondary N) is 1. The molecule has 2 amide bonds. The van der Waals surface area contributed by atoms with Gasteiger partial charge in [-0.15, -0.1) is 11.3 Å². The third-order valence-corrected chi connectivity index (χ3v) is 6.91. The smallest absolute Gasteiger partial charge is 0.286 e. The molecule has 1 N–H and O–H groups in total. The molecule has 0 bridgehead atoms. The van der Waals surface area contributed by atoms with Gasteiger partial charge in [0.25, 0.3) is 5.24 Å². The Morgan fingerprint density at radius 1 is 1.07 bits per heavy atom. The summed E-state index contributed by atoms with van der Waals surface area (Å²) in [7, 11) is 0. The van der Waals surface area contributed by atoms with Gasteiger partial charge in [-0.25, -0.2) is 4.98 Å². The summed E-state index contributed by atoms with van der Waals surface area (Å²) in [6, 6.07) is 17.3. The lowest BCUT2D eigenvalue weighted by Crippen LogP contribution is -2.25. The summed E-state index contributed by atoms with van der Waals surface area (Å²) < 4.78 is 0. The van der Waals surface area contributed by atoms with Crippen molar-refractivity contribution < 1.29 is 14.4 Å². The molecule has 152 valence electrons. The Kier molecular flexibility index (Phi) is 6.11. The summed E-state index contributed by atoms with van der Waals surface area (Å²) in [5.74, 6) is -0.172. The van der Waals surface area contributed by atoms with Gasteiger partial charge in [-0.3, -0.25) is 19.7 Å². The second-order valence-corrected chi connectivity index (χ2v) is 9.54. The molecule has 2 aromatic carbocycles.